The second-order valence-electron chi connectivity index (χ2n) is 4.68. The molecule has 0 unspecified atom stereocenters. The van der Waals surface area contributed by atoms with E-state index in [1.807, 2.05) is 18.2 Å². The van der Waals surface area contributed by atoms with Crippen molar-refractivity contribution in [2.24, 2.45) is 5.73 Å². The second-order valence-corrected chi connectivity index (χ2v) is 4.68. The molecule has 0 amide bonds. The lowest BCUT2D eigenvalue weighted by molar-refractivity contribution is 0.758. The third-order valence-electron chi connectivity index (χ3n) is 3.53. The van der Waals surface area contributed by atoms with E-state index in [1.165, 1.54) is 11.1 Å². The summed E-state index contributed by atoms with van der Waals surface area (Å²) in [5.74, 6) is 0.470. The van der Waals surface area contributed by atoms with Gasteiger partial charge < -0.3 is 5.73 Å². The highest BCUT2D eigenvalue weighted by atomic mass is 14.9. The van der Waals surface area contributed by atoms with Gasteiger partial charge in [-0.25, -0.2) is 0 Å². The Labute approximate surface area is 103 Å². The van der Waals surface area contributed by atoms with E-state index < -0.39 is 0 Å². The predicted octanol–water partition coefficient (Wildman–Crippen LogP) is 3.56. The van der Waals surface area contributed by atoms with Gasteiger partial charge in [-0.05, 0) is 18.9 Å². The van der Waals surface area contributed by atoms with Crippen LogP contribution in [0.3, 0.4) is 0 Å². The molecule has 1 aromatic rings. The first-order valence-corrected chi connectivity index (χ1v) is 5.99. The number of hydrogen-bond donors (Lipinski definition) is 1. The Bertz CT molecular complexity index is 456. The van der Waals surface area contributed by atoms with E-state index in [4.69, 9.17) is 5.73 Å². The maximum atomic E-state index is 6.42. The number of benzene rings is 1. The molecule has 1 saturated carbocycles. The van der Waals surface area contributed by atoms with E-state index in [1.54, 1.807) is 6.08 Å². The van der Waals surface area contributed by atoms with Crippen molar-refractivity contribution in [1.82, 2.24) is 0 Å². The summed E-state index contributed by atoms with van der Waals surface area (Å²) in [6.45, 7) is 5.76. The van der Waals surface area contributed by atoms with Gasteiger partial charge in [-0.2, -0.15) is 0 Å². The highest BCUT2D eigenvalue weighted by molar-refractivity contribution is 5.42. The molecule has 0 saturated heterocycles. The summed E-state index contributed by atoms with van der Waals surface area (Å²) in [5, 5.41) is 0. The summed E-state index contributed by atoms with van der Waals surface area (Å²) in [6.07, 6.45) is 8.82. The highest BCUT2D eigenvalue weighted by Crippen LogP contribution is 2.53. The summed E-state index contributed by atoms with van der Waals surface area (Å²) in [6, 6.07) is 10.5. The largest absolute Gasteiger partial charge is 0.321 e. The van der Waals surface area contributed by atoms with E-state index >= 15 is 0 Å². The van der Waals surface area contributed by atoms with Crippen molar-refractivity contribution < 1.29 is 0 Å². The van der Waals surface area contributed by atoms with Gasteiger partial charge in [-0.3, -0.25) is 0 Å². The molecule has 1 nitrogen and oxygen atoms in total. The van der Waals surface area contributed by atoms with Crippen LogP contribution >= 0.6 is 0 Å². The fourth-order valence-electron chi connectivity index (χ4n) is 2.25. The zero-order valence-corrected chi connectivity index (χ0v) is 10.3. The van der Waals surface area contributed by atoms with Gasteiger partial charge in [0.25, 0.3) is 0 Å². The lowest BCUT2D eigenvalue weighted by Crippen LogP contribution is -2.25. The number of allylic oxidation sites excluding steroid dienone is 4. The molecular weight excluding hydrogens is 206 g/mol. The Hall–Kier alpha value is -1.60. The van der Waals surface area contributed by atoms with E-state index in [9.17, 15) is 0 Å². The van der Waals surface area contributed by atoms with E-state index in [0.29, 0.717) is 5.92 Å². The molecule has 2 atom stereocenters. The summed E-state index contributed by atoms with van der Waals surface area (Å²) in [4.78, 5) is 0. The minimum absolute atomic E-state index is 0.146. The van der Waals surface area contributed by atoms with Crippen LogP contribution in [0.2, 0.25) is 0 Å². The van der Waals surface area contributed by atoms with Gasteiger partial charge in [-0.15, -0.1) is 0 Å². The van der Waals surface area contributed by atoms with Crippen molar-refractivity contribution in [3.05, 3.63) is 72.4 Å². The third-order valence-corrected chi connectivity index (χ3v) is 3.53. The summed E-state index contributed by atoms with van der Waals surface area (Å²) < 4.78 is 0. The van der Waals surface area contributed by atoms with Crippen molar-refractivity contribution in [3.8, 4) is 0 Å². The Morgan fingerprint density at radius 1 is 1.35 bits per heavy atom. The number of hydrogen-bond acceptors (Lipinski definition) is 1. The lowest BCUT2D eigenvalue weighted by atomic mass is 10.0. The average Bonchev–Trinajstić information content (AvgIpc) is 3.05. The van der Waals surface area contributed by atoms with Gasteiger partial charge in [0, 0.05) is 11.5 Å². The molecule has 0 bridgehead atoms. The standard InChI is InChI=1S/C16H19N/c1-3-4-6-9-13(2)16(17)12-15(16)14-10-7-5-8-11-14/h3-11,15H,1,12,17H2,2H3/b6-4-,13-9+/t15-,16-/m1/s1. The summed E-state index contributed by atoms with van der Waals surface area (Å²) >= 11 is 0. The van der Waals surface area contributed by atoms with Crippen LogP contribution in [-0.4, -0.2) is 5.54 Å². The van der Waals surface area contributed by atoms with Crippen molar-refractivity contribution in [2.45, 2.75) is 24.8 Å². The van der Waals surface area contributed by atoms with Gasteiger partial charge in [0.15, 0.2) is 0 Å². The zero-order chi connectivity index (χ0) is 12.3. The number of nitrogens with two attached hydrogens (primary N) is 1. The third kappa shape index (κ3) is 2.40. The molecule has 1 aromatic carbocycles. The van der Waals surface area contributed by atoms with Crippen LogP contribution in [-0.2, 0) is 0 Å². The molecule has 0 aliphatic heterocycles. The van der Waals surface area contributed by atoms with E-state index in [0.717, 1.165) is 6.42 Å². The van der Waals surface area contributed by atoms with Crippen LogP contribution in [0.4, 0.5) is 0 Å². The normalized spacial score (nSPS) is 28.4. The molecular formula is C16H19N. The fourth-order valence-corrected chi connectivity index (χ4v) is 2.25. The van der Waals surface area contributed by atoms with Crippen molar-refractivity contribution >= 4 is 0 Å². The Balaban J connectivity index is 2.12. The van der Waals surface area contributed by atoms with Crippen LogP contribution < -0.4 is 5.73 Å². The Kier molecular flexibility index (Phi) is 3.30. The quantitative estimate of drug-likeness (QED) is 0.779. The zero-order valence-electron chi connectivity index (χ0n) is 10.3. The second kappa shape index (κ2) is 4.72. The maximum absolute atomic E-state index is 6.42. The van der Waals surface area contributed by atoms with Crippen LogP contribution in [0.1, 0.15) is 24.8 Å². The minimum Gasteiger partial charge on any atom is -0.321 e. The van der Waals surface area contributed by atoms with Gasteiger partial charge >= 0.3 is 0 Å². The summed E-state index contributed by atoms with van der Waals surface area (Å²) in [7, 11) is 0. The van der Waals surface area contributed by atoms with Crippen LogP contribution in [0.25, 0.3) is 0 Å². The van der Waals surface area contributed by atoms with Crippen molar-refractivity contribution in [1.29, 1.82) is 0 Å². The van der Waals surface area contributed by atoms with Crippen molar-refractivity contribution in [2.75, 3.05) is 0 Å². The Morgan fingerprint density at radius 2 is 2.06 bits per heavy atom. The number of rotatable bonds is 4. The molecule has 17 heavy (non-hydrogen) atoms. The van der Waals surface area contributed by atoms with Gasteiger partial charge in [0.2, 0.25) is 0 Å². The van der Waals surface area contributed by atoms with Gasteiger partial charge in [0.1, 0.15) is 0 Å². The summed E-state index contributed by atoms with van der Waals surface area (Å²) in [5.41, 5.74) is 8.86. The molecule has 0 heterocycles. The molecule has 0 radical (unpaired) electrons. The molecule has 2 N–H and O–H groups in total. The molecule has 1 heteroatoms. The molecule has 0 spiro atoms. The van der Waals surface area contributed by atoms with Crippen LogP contribution in [0.5, 0.6) is 0 Å². The first kappa shape index (κ1) is 11.9. The molecule has 0 aromatic heterocycles. The van der Waals surface area contributed by atoms with Gasteiger partial charge in [0.05, 0.1) is 0 Å². The molecule has 88 valence electrons. The molecule has 1 fully saturated rings. The Morgan fingerprint density at radius 3 is 2.71 bits per heavy atom. The smallest absolute Gasteiger partial charge is 0.0446 e. The van der Waals surface area contributed by atoms with Crippen LogP contribution in [0, 0.1) is 0 Å². The fraction of sp³-hybridized carbons (Fsp3) is 0.250. The maximum Gasteiger partial charge on any atom is 0.0446 e. The highest BCUT2D eigenvalue weighted by Gasteiger charge is 2.52. The van der Waals surface area contributed by atoms with E-state index in [-0.39, 0.29) is 5.54 Å². The average molecular weight is 225 g/mol. The van der Waals surface area contributed by atoms with Gasteiger partial charge in [-0.1, -0.05) is 66.8 Å². The monoisotopic (exact) mass is 225 g/mol. The topological polar surface area (TPSA) is 26.0 Å². The predicted molar refractivity (Wildman–Crippen MR) is 73.8 cm³/mol. The van der Waals surface area contributed by atoms with E-state index in [2.05, 4.69) is 43.8 Å². The first-order chi connectivity index (χ1) is 8.18. The first-order valence-electron chi connectivity index (χ1n) is 5.99. The lowest BCUT2D eigenvalue weighted by Gasteiger charge is -2.12. The molecule has 2 rings (SSSR count). The molecule has 1 aliphatic rings. The molecule has 1 aliphatic carbocycles. The van der Waals surface area contributed by atoms with Crippen LogP contribution in [0.15, 0.2) is 66.8 Å². The minimum atomic E-state index is -0.146. The SMILES string of the molecule is C=C/C=C\C=C(/C)[C@]1(N)C[C@@H]1c1ccccc1. The van der Waals surface area contributed by atoms with Crippen molar-refractivity contribution in [3.63, 3.8) is 0 Å².